The summed E-state index contributed by atoms with van der Waals surface area (Å²) >= 11 is 0. The lowest BCUT2D eigenvalue weighted by atomic mass is 9.87. The normalized spacial score (nSPS) is 18.3. The summed E-state index contributed by atoms with van der Waals surface area (Å²) in [5, 5.41) is 155. The van der Waals surface area contributed by atoms with E-state index in [1.165, 1.54) is 0 Å². The predicted octanol–water partition coefficient (Wildman–Crippen LogP) is 1.91. The topological polar surface area (TPSA) is 409 Å². The number of esters is 3. The number of rotatable bonds is 10. The number of hydrogen-bond acceptors (Lipinski definition) is 23. The molecule has 5 aromatic carbocycles. The van der Waals surface area contributed by atoms with Gasteiger partial charge >= 0.3 is 17.9 Å². The van der Waals surface area contributed by atoms with Gasteiger partial charge in [0.15, 0.2) is 75.5 Å². The predicted molar refractivity (Wildman–Crippen MR) is 201 cm³/mol. The van der Waals surface area contributed by atoms with E-state index in [2.05, 4.69) is 0 Å². The van der Waals surface area contributed by atoms with Crippen LogP contribution in [0.2, 0.25) is 0 Å². The van der Waals surface area contributed by atoms with Crippen LogP contribution in [-0.2, 0) is 18.9 Å². The van der Waals surface area contributed by atoms with Gasteiger partial charge in [-0.1, -0.05) is 0 Å². The average molecular weight is 881 g/mol. The van der Waals surface area contributed by atoms with Gasteiger partial charge in [-0.05, 0) is 54.6 Å². The van der Waals surface area contributed by atoms with Crippen LogP contribution in [-0.4, -0.2) is 131 Å². The van der Waals surface area contributed by atoms with E-state index in [0.29, 0.717) is 42.5 Å². The van der Waals surface area contributed by atoms with Crippen molar-refractivity contribution in [2.45, 2.75) is 30.5 Å². The van der Waals surface area contributed by atoms with E-state index in [-0.39, 0.29) is 0 Å². The Kier molecular flexibility index (Phi) is 11.7. The number of phenols is 14. The molecule has 0 aromatic heterocycles. The number of aliphatic hydroxyl groups excluding tert-OH is 1. The highest BCUT2D eigenvalue weighted by atomic mass is 16.6. The molecule has 1 aliphatic heterocycles. The number of aromatic hydroxyl groups is 14. The maximum atomic E-state index is 13.7. The van der Waals surface area contributed by atoms with Crippen molar-refractivity contribution in [3.63, 3.8) is 0 Å². The zero-order valence-corrected chi connectivity index (χ0v) is 31.3. The molecule has 5 atom stereocenters. The first-order valence-electron chi connectivity index (χ1n) is 17.6. The van der Waals surface area contributed by atoms with Crippen molar-refractivity contribution in [2.75, 3.05) is 6.61 Å². The lowest BCUT2D eigenvalue weighted by Crippen LogP contribution is -2.58. The van der Waals surface area contributed by atoms with Gasteiger partial charge in [-0.3, -0.25) is 4.79 Å². The van der Waals surface area contributed by atoms with Gasteiger partial charge in [0.05, 0.1) is 22.3 Å². The van der Waals surface area contributed by atoms with E-state index in [4.69, 9.17) is 18.9 Å². The van der Waals surface area contributed by atoms with Crippen molar-refractivity contribution in [1.82, 2.24) is 0 Å². The van der Waals surface area contributed by atoms with Gasteiger partial charge in [0.25, 0.3) is 0 Å². The van der Waals surface area contributed by atoms with E-state index in [9.17, 15) is 95.8 Å². The zero-order valence-electron chi connectivity index (χ0n) is 31.3. The molecule has 15 N–H and O–H groups in total. The van der Waals surface area contributed by atoms with Crippen molar-refractivity contribution < 1.29 is 115 Å². The summed E-state index contributed by atoms with van der Waals surface area (Å²) in [4.78, 5) is 54.1. The van der Waals surface area contributed by atoms with Gasteiger partial charge in [-0.2, -0.15) is 0 Å². The molecule has 63 heavy (non-hydrogen) atoms. The van der Waals surface area contributed by atoms with Crippen LogP contribution in [0.1, 0.15) is 58.7 Å². The molecule has 0 spiro atoms. The molecule has 0 radical (unpaired) electrons. The number of phenolic OH excluding ortho intramolecular Hbond substituents is 14. The molecule has 1 heterocycles. The molecule has 0 bridgehead atoms. The molecule has 5 aromatic rings. The summed E-state index contributed by atoms with van der Waals surface area (Å²) in [7, 11) is 0. The van der Waals surface area contributed by atoms with Crippen LogP contribution >= 0.6 is 0 Å². The summed E-state index contributed by atoms with van der Waals surface area (Å²) in [5.74, 6) is -20.4. The third-order valence-electron chi connectivity index (χ3n) is 9.49. The Labute approximate surface area is 349 Å². The van der Waals surface area contributed by atoms with Crippen LogP contribution in [0.15, 0.2) is 60.7 Å². The van der Waals surface area contributed by atoms with Crippen LogP contribution in [0.4, 0.5) is 0 Å². The van der Waals surface area contributed by atoms with Gasteiger partial charge < -0.3 is 95.5 Å². The smallest absolute Gasteiger partial charge is 0.338 e. The van der Waals surface area contributed by atoms with Crippen LogP contribution < -0.4 is 0 Å². The van der Waals surface area contributed by atoms with Crippen molar-refractivity contribution in [1.29, 1.82) is 0 Å². The van der Waals surface area contributed by atoms with E-state index in [1.807, 2.05) is 0 Å². The Morgan fingerprint density at radius 1 is 0.460 bits per heavy atom. The molecule has 23 heteroatoms. The SMILES string of the molecule is O=C(OC[C@H]1O[C@@H](c2c(O)cc(O)c(C(=O)c3ccc(O)c(O)c3)c2O)[C@H](OC(=O)c2cc(O)c(O)c(O)c2)[C@@H](OC(=O)c2cc(O)c(O)c(O)c2)[C@@H]1O)c1cc(O)c(O)c(O)c1. The quantitative estimate of drug-likeness (QED) is 0.0412. The molecule has 23 nitrogen and oxygen atoms in total. The maximum Gasteiger partial charge on any atom is 0.338 e. The Morgan fingerprint density at radius 2 is 0.889 bits per heavy atom. The van der Waals surface area contributed by atoms with Crippen LogP contribution in [0, 0.1) is 0 Å². The summed E-state index contributed by atoms with van der Waals surface area (Å²) in [6.45, 7) is -1.13. The van der Waals surface area contributed by atoms with Crippen molar-refractivity contribution >= 4 is 23.7 Å². The molecular weight excluding hydrogens is 848 g/mol. The summed E-state index contributed by atoms with van der Waals surface area (Å²) < 4.78 is 22.2. The molecule has 330 valence electrons. The fourth-order valence-corrected chi connectivity index (χ4v) is 6.32. The highest BCUT2D eigenvalue weighted by Crippen LogP contribution is 2.49. The van der Waals surface area contributed by atoms with Crippen molar-refractivity contribution in [2.24, 2.45) is 0 Å². The second-order valence-electron chi connectivity index (χ2n) is 13.6. The summed E-state index contributed by atoms with van der Waals surface area (Å²) in [6, 6.07) is 6.70. The van der Waals surface area contributed by atoms with Crippen LogP contribution in [0.25, 0.3) is 0 Å². The van der Waals surface area contributed by atoms with Crippen LogP contribution in [0.5, 0.6) is 80.5 Å². The molecule has 1 fully saturated rings. The minimum Gasteiger partial charge on any atom is -0.507 e. The molecule has 0 aliphatic carbocycles. The molecule has 1 aliphatic rings. The molecule has 6 rings (SSSR count). The van der Waals surface area contributed by atoms with Gasteiger partial charge in [0, 0.05) is 11.6 Å². The highest BCUT2D eigenvalue weighted by molar-refractivity contribution is 6.13. The van der Waals surface area contributed by atoms with Gasteiger partial charge in [0.1, 0.15) is 47.7 Å². The monoisotopic (exact) mass is 880 g/mol. The number of hydrogen-bond donors (Lipinski definition) is 15. The summed E-state index contributed by atoms with van der Waals surface area (Å²) in [5.41, 5.74) is -4.61. The second kappa shape index (κ2) is 16.7. The minimum atomic E-state index is -2.41. The number of carbonyl (C=O) groups excluding carboxylic acids is 4. The largest absolute Gasteiger partial charge is 0.507 e. The first kappa shape index (κ1) is 43.9. The Morgan fingerprint density at radius 3 is 1.35 bits per heavy atom. The summed E-state index contributed by atoms with van der Waals surface area (Å²) in [6.07, 6.45) is -11.5. The fraction of sp³-hybridized carbons (Fsp3) is 0.150. The Balaban J connectivity index is 1.51. The van der Waals surface area contributed by atoms with Crippen LogP contribution in [0.3, 0.4) is 0 Å². The number of aliphatic hydroxyl groups is 1. The molecule has 1 saturated heterocycles. The van der Waals surface area contributed by atoms with Gasteiger partial charge in [-0.25, -0.2) is 14.4 Å². The fourth-order valence-electron chi connectivity index (χ4n) is 6.32. The van der Waals surface area contributed by atoms with Crippen molar-refractivity contribution in [3.8, 4) is 80.5 Å². The molecule has 0 saturated carbocycles. The lowest BCUT2D eigenvalue weighted by Gasteiger charge is -2.43. The number of carbonyl (C=O) groups is 4. The first-order chi connectivity index (χ1) is 29.6. The first-order valence-corrected chi connectivity index (χ1v) is 17.6. The molecular formula is C40H32O23. The number of ether oxygens (including phenoxy) is 4. The third-order valence-corrected chi connectivity index (χ3v) is 9.49. The van der Waals surface area contributed by atoms with E-state index < -0.39 is 175 Å². The van der Waals surface area contributed by atoms with E-state index in [0.717, 1.165) is 18.2 Å². The number of ketones is 1. The Bertz CT molecular complexity index is 2620. The van der Waals surface area contributed by atoms with E-state index in [1.54, 1.807) is 0 Å². The minimum absolute atomic E-state index is 0.480. The Hall–Kier alpha value is -8.70. The zero-order chi connectivity index (χ0) is 46.3. The number of benzene rings is 5. The van der Waals surface area contributed by atoms with E-state index >= 15 is 0 Å². The van der Waals surface area contributed by atoms with Crippen molar-refractivity contribution in [3.05, 3.63) is 94.0 Å². The maximum absolute atomic E-state index is 13.7. The highest BCUT2D eigenvalue weighted by Gasteiger charge is 2.53. The third kappa shape index (κ3) is 8.39. The molecule has 0 unspecified atom stereocenters. The average Bonchev–Trinajstić information content (AvgIpc) is 3.22. The van der Waals surface area contributed by atoms with Gasteiger partial charge in [0.2, 0.25) is 5.78 Å². The van der Waals surface area contributed by atoms with Gasteiger partial charge in [-0.15, -0.1) is 0 Å². The lowest BCUT2D eigenvalue weighted by molar-refractivity contribution is -0.232. The standard InChI is InChI=1S/C40H32O23/c41-16-2-1-12(3-17(16)42)29(51)27-18(43)10-19(44)28(34(27)56)35-37(63-40(59)15-8-24(49)32(54)25(50)9-15)36(62-39(58)14-6-22(47)31(53)23(48)7-14)33(55)26(61-35)11-60-38(57)13-4-20(45)30(52)21(46)5-13/h1-10,26,33,35-37,41-50,52-56H,11H2/t26-,33-,35+,36+,37+/m1/s1. The second-order valence-corrected chi connectivity index (χ2v) is 13.6. The molecule has 0 amide bonds.